The van der Waals surface area contributed by atoms with Gasteiger partial charge in [-0.2, -0.15) is 0 Å². The first kappa shape index (κ1) is 14.5. The van der Waals surface area contributed by atoms with Crippen LogP contribution in [0, 0.1) is 5.82 Å². The van der Waals surface area contributed by atoms with Crippen LogP contribution in [0.25, 0.3) is 10.2 Å². The van der Waals surface area contributed by atoms with Crippen LogP contribution in [-0.4, -0.2) is 17.0 Å². The monoisotopic (exact) mass is 316 g/mol. The van der Waals surface area contributed by atoms with Crippen LogP contribution >= 0.6 is 11.3 Å². The van der Waals surface area contributed by atoms with Crippen LogP contribution in [0.15, 0.2) is 48.5 Å². The summed E-state index contributed by atoms with van der Waals surface area (Å²) < 4.78 is 19.4. The van der Waals surface area contributed by atoms with Crippen LogP contribution in [0.1, 0.15) is 6.92 Å². The van der Waals surface area contributed by atoms with Crippen molar-refractivity contribution in [2.45, 2.75) is 13.0 Å². The van der Waals surface area contributed by atoms with E-state index in [4.69, 9.17) is 4.74 Å². The third-order valence-corrected chi connectivity index (χ3v) is 3.94. The molecule has 6 heteroatoms. The molecule has 1 unspecified atom stereocenters. The molecule has 0 aliphatic rings. The minimum atomic E-state index is -0.661. The molecule has 0 spiro atoms. The number of hydrogen-bond acceptors (Lipinski definition) is 4. The second-order valence-corrected chi connectivity index (χ2v) is 5.72. The molecule has 1 heterocycles. The van der Waals surface area contributed by atoms with Gasteiger partial charge in [-0.1, -0.05) is 29.5 Å². The van der Waals surface area contributed by atoms with Gasteiger partial charge < -0.3 is 4.74 Å². The van der Waals surface area contributed by atoms with Crippen molar-refractivity contribution in [1.29, 1.82) is 0 Å². The molecule has 3 rings (SSSR count). The number of anilines is 1. The third-order valence-electron chi connectivity index (χ3n) is 3.01. The standard InChI is InChI=1S/C16H13FN2O2S/c1-10(21-12-5-3-2-4-6-12)15(20)19-16-18-13-8-7-11(17)9-14(13)22-16/h2-10H,1H3,(H,18,19,20). The summed E-state index contributed by atoms with van der Waals surface area (Å²) >= 11 is 1.22. The van der Waals surface area contributed by atoms with Crippen LogP contribution in [0.5, 0.6) is 5.75 Å². The van der Waals surface area contributed by atoms with Gasteiger partial charge in [0.15, 0.2) is 11.2 Å². The van der Waals surface area contributed by atoms with E-state index in [9.17, 15) is 9.18 Å². The Bertz CT molecular complexity index is 804. The van der Waals surface area contributed by atoms with Gasteiger partial charge in [0.2, 0.25) is 0 Å². The number of nitrogens with zero attached hydrogens (tertiary/aromatic N) is 1. The Labute approximate surface area is 130 Å². The van der Waals surface area contributed by atoms with E-state index in [1.165, 1.54) is 23.5 Å². The number of halogens is 1. The van der Waals surface area contributed by atoms with Gasteiger partial charge in [0.05, 0.1) is 10.2 Å². The number of carbonyl (C=O) groups is 1. The Balaban J connectivity index is 1.69. The van der Waals surface area contributed by atoms with Crippen LogP contribution in [0.3, 0.4) is 0 Å². The van der Waals surface area contributed by atoms with Gasteiger partial charge in [-0.25, -0.2) is 9.37 Å². The molecule has 0 saturated heterocycles. The molecule has 3 aromatic rings. The van der Waals surface area contributed by atoms with Crippen molar-refractivity contribution < 1.29 is 13.9 Å². The number of carbonyl (C=O) groups excluding carboxylic acids is 1. The fourth-order valence-electron chi connectivity index (χ4n) is 1.92. The zero-order chi connectivity index (χ0) is 15.5. The van der Waals surface area contributed by atoms with Gasteiger partial charge in [0.25, 0.3) is 5.91 Å². The first-order chi connectivity index (χ1) is 10.6. The average Bonchev–Trinajstić information content (AvgIpc) is 2.89. The molecule has 22 heavy (non-hydrogen) atoms. The predicted octanol–water partition coefficient (Wildman–Crippen LogP) is 3.84. The second kappa shape index (κ2) is 6.11. The predicted molar refractivity (Wildman–Crippen MR) is 84.7 cm³/mol. The lowest BCUT2D eigenvalue weighted by Crippen LogP contribution is -2.30. The lowest BCUT2D eigenvalue weighted by Gasteiger charge is -2.13. The van der Waals surface area contributed by atoms with E-state index >= 15 is 0 Å². The molecule has 0 radical (unpaired) electrons. The van der Waals surface area contributed by atoms with E-state index in [0.29, 0.717) is 21.1 Å². The highest BCUT2D eigenvalue weighted by molar-refractivity contribution is 7.22. The molecule has 1 N–H and O–H groups in total. The highest BCUT2D eigenvalue weighted by atomic mass is 32.1. The smallest absolute Gasteiger partial charge is 0.266 e. The molecular weight excluding hydrogens is 303 g/mol. The number of thiazole rings is 1. The highest BCUT2D eigenvalue weighted by Gasteiger charge is 2.16. The molecule has 1 atom stereocenters. The zero-order valence-corrected chi connectivity index (χ0v) is 12.6. The Hall–Kier alpha value is -2.47. The molecule has 2 aromatic carbocycles. The Morgan fingerprint density at radius 2 is 2.05 bits per heavy atom. The second-order valence-electron chi connectivity index (χ2n) is 4.69. The summed E-state index contributed by atoms with van der Waals surface area (Å²) in [6, 6.07) is 13.4. The van der Waals surface area contributed by atoms with Crippen molar-refractivity contribution in [1.82, 2.24) is 4.98 Å². The summed E-state index contributed by atoms with van der Waals surface area (Å²) in [5.74, 6) is -0.00490. The van der Waals surface area contributed by atoms with Crippen LogP contribution in [-0.2, 0) is 4.79 Å². The van der Waals surface area contributed by atoms with Crippen LogP contribution in [0.4, 0.5) is 9.52 Å². The quantitative estimate of drug-likeness (QED) is 0.795. The highest BCUT2D eigenvalue weighted by Crippen LogP contribution is 2.26. The van der Waals surface area contributed by atoms with Gasteiger partial charge in [0, 0.05) is 0 Å². The lowest BCUT2D eigenvalue weighted by atomic mass is 10.3. The Morgan fingerprint density at radius 3 is 2.82 bits per heavy atom. The number of aromatic nitrogens is 1. The molecule has 0 aliphatic heterocycles. The topological polar surface area (TPSA) is 51.2 Å². The molecule has 4 nitrogen and oxygen atoms in total. The normalized spacial score (nSPS) is 12.1. The minimum Gasteiger partial charge on any atom is -0.481 e. The first-order valence-electron chi connectivity index (χ1n) is 6.70. The maximum Gasteiger partial charge on any atom is 0.266 e. The van der Waals surface area contributed by atoms with Gasteiger partial charge >= 0.3 is 0 Å². The van der Waals surface area contributed by atoms with Crippen LogP contribution < -0.4 is 10.1 Å². The average molecular weight is 316 g/mol. The number of ether oxygens (including phenoxy) is 1. The van der Waals surface area contributed by atoms with Gasteiger partial charge in [-0.05, 0) is 37.3 Å². The molecule has 1 aromatic heterocycles. The van der Waals surface area contributed by atoms with E-state index in [1.54, 1.807) is 25.1 Å². The molecule has 0 saturated carbocycles. The fraction of sp³-hybridized carbons (Fsp3) is 0.125. The minimum absolute atomic E-state index is 0.302. The van der Waals surface area contributed by atoms with E-state index < -0.39 is 6.10 Å². The summed E-state index contributed by atoms with van der Waals surface area (Å²) in [4.78, 5) is 16.4. The molecule has 0 bridgehead atoms. The summed E-state index contributed by atoms with van der Waals surface area (Å²) in [6.07, 6.45) is -0.661. The number of fused-ring (bicyclic) bond motifs is 1. The number of hydrogen-bond donors (Lipinski definition) is 1. The van der Waals surface area contributed by atoms with Crippen LogP contribution in [0.2, 0.25) is 0 Å². The van der Waals surface area contributed by atoms with Gasteiger partial charge in [-0.3, -0.25) is 10.1 Å². The van der Waals surface area contributed by atoms with Crippen molar-refractivity contribution >= 4 is 32.6 Å². The number of nitrogens with one attached hydrogen (secondary N) is 1. The van der Waals surface area contributed by atoms with Crippen molar-refractivity contribution in [3.05, 3.63) is 54.3 Å². The first-order valence-corrected chi connectivity index (χ1v) is 7.52. The zero-order valence-electron chi connectivity index (χ0n) is 11.7. The lowest BCUT2D eigenvalue weighted by molar-refractivity contribution is -0.122. The Morgan fingerprint density at radius 1 is 1.27 bits per heavy atom. The number of para-hydroxylation sites is 1. The summed E-state index contributed by atoms with van der Waals surface area (Å²) in [5.41, 5.74) is 0.651. The summed E-state index contributed by atoms with van der Waals surface area (Å²) in [7, 11) is 0. The molecule has 0 aliphatic carbocycles. The molecule has 0 fully saturated rings. The largest absolute Gasteiger partial charge is 0.481 e. The number of amides is 1. The molecular formula is C16H13FN2O2S. The van der Waals surface area contributed by atoms with E-state index in [2.05, 4.69) is 10.3 Å². The Kier molecular flexibility index (Phi) is 4.02. The number of benzene rings is 2. The molecule has 1 amide bonds. The van der Waals surface area contributed by atoms with E-state index in [-0.39, 0.29) is 11.7 Å². The van der Waals surface area contributed by atoms with Crippen molar-refractivity contribution in [2.24, 2.45) is 0 Å². The number of rotatable bonds is 4. The molecule has 112 valence electrons. The third kappa shape index (κ3) is 3.23. The maximum atomic E-state index is 13.2. The van der Waals surface area contributed by atoms with Crippen molar-refractivity contribution in [3.8, 4) is 5.75 Å². The van der Waals surface area contributed by atoms with Gasteiger partial charge in [0.1, 0.15) is 11.6 Å². The summed E-state index contributed by atoms with van der Waals surface area (Å²) in [5, 5.41) is 3.12. The van der Waals surface area contributed by atoms with E-state index in [1.807, 2.05) is 18.2 Å². The SMILES string of the molecule is CC(Oc1ccccc1)C(=O)Nc1nc2ccc(F)cc2s1. The fourth-order valence-corrected chi connectivity index (χ4v) is 2.81. The maximum absolute atomic E-state index is 13.2. The van der Waals surface area contributed by atoms with E-state index in [0.717, 1.165) is 0 Å². The van der Waals surface area contributed by atoms with Gasteiger partial charge in [-0.15, -0.1) is 0 Å². The summed E-state index contributed by atoms with van der Waals surface area (Å²) in [6.45, 7) is 1.66. The van der Waals surface area contributed by atoms with Crippen molar-refractivity contribution in [2.75, 3.05) is 5.32 Å². The van der Waals surface area contributed by atoms with Crippen molar-refractivity contribution in [3.63, 3.8) is 0 Å².